The molecule has 0 radical (unpaired) electrons. The van der Waals surface area contributed by atoms with Gasteiger partial charge in [-0.1, -0.05) is 91.8 Å². The van der Waals surface area contributed by atoms with Crippen LogP contribution in [-0.2, 0) is 18.2 Å². The molecule has 0 amide bonds. The van der Waals surface area contributed by atoms with Gasteiger partial charge in [-0.15, -0.1) is 23.5 Å². The first-order valence-corrected chi connectivity index (χ1v) is 16.0. The molecule has 35 heavy (non-hydrogen) atoms. The second-order valence-corrected chi connectivity index (χ2v) is 11.9. The van der Waals surface area contributed by atoms with Gasteiger partial charge < -0.3 is 7.43 Å². The Hall–Kier alpha value is -0.568. The van der Waals surface area contributed by atoms with Gasteiger partial charge in [0.1, 0.15) is 10.1 Å². The fourth-order valence-electron chi connectivity index (χ4n) is 4.05. The molecule has 1 fully saturated rings. The molecule has 6 heteroatoms. The minimum atomic E-state index is 0. The Kier molecular flexibility index (Phi) is 14.5. The molecule has 0 aromatic heterocycles. The van der Waals surface area contributed by atoms with Crippen LogP contribution in [0.25, 0.3) is 0 Å². The third-order valence-corrected chi connectivity index (χ3v) is 8.18. The van der Waals surface area contributed by atoms with E-state index in [1.54, 1.807) is 0 Å². The first-order chi connectivity index (χ1) is 16.2. The number of nitrogens with zero attached hydrogens (tertiary/aromatic N) is 2. The molecule has 196 valence electrons. The summed E-state index contributed by atoms with van der Waals surface area (Å²) in [5, 5.41) is 2.15. The zero-order valence-electron chi connectivity index (χ0n) is 22.6. The van der Waals surface area contributed by atoms with E-state index in [9.17, 15) is 0 Å². The van der Waals surface area contributed by atoms with Crippen molar-refractivity contribution in [3.05, 3.63) is 66.1 Å². The third kappa shape index (κ3) is 8.47. The number of thioether (sulfide) groups is 2. The van der Waals surface area contributed by atoms with Gasteiger partial charge in [0, 0.05) is 11.5 Å². The second kappa shape index (κ2) is 15.6. The van der Waals surface area contributed by atoms with Crippen LogP contribution in [0.4, 0.5) is 11.4 Å². The Bertz CT molecular complexity index is 880. The van der Waals surface area contributed by atoms with Gasteiger partial charge in [-0.3, -0.25) is 0 Å². The number of aliphatic imine (C=N–C) groups is 2. The Morgan fingerprint density at radius 2 is 0.857 bits per heavy atom. The molecular weight excluding hydrogens is 582 g/mol. The number of halogens is 1. The van der Waals surface area contributed by atoms with Crippen LogP contribution in [0.1, 0.15) is 101 Å². The molecule has 3 rings (SSSR count). The topological polar surface area (TPSA) is 24.7 Å². The molecule has 0 atom stereocenters. The first-order valence-electron chi connectivity index (χ1n) is 12.0. The van der Waals surface area contributed by atoms with E-state index in [4.69, 9.17) is 9.98 Å². The van der Waals surface area contributed by atoms with Crippen LogP contribution in [0.5, 0.6) is 0 Å². The molecule has 0 aliphatic carbocycles. The van der Waals surface area contributed by atoms with Gasteiger partial charge >= 0.3 is 27.7 Å². The molecule has 1 saturated heterocycles. The van der Waals surface area contributed by atoms with Crippen LogP contribution in [0.2, 0.25) is 0 Å². The fraction of sp³-hybridized carbons (Fsp3) is 0.483. The van der Waals surface area contributed by atoms with Crippen molar-refractivity contribution in [3.8, 4) is 0 Å². The predicted octanol–water partition coefficient (Wildman–Crippen LogP) is 10.6. The monoisotopic (exact) mass is 622 g/mol. The molecule has 2 aromatic rings. The van der Waals surface area contributed by atoms with Crippen molar-refractivity contribution in [2.24, 2.45) is 9.98 Å². The summed E-state index contributed by atoms with van der Waals surface area (Å²) < 4.78 is 0. The average Bonchev–Trinajstić information content (AvgIpc) is 2.81. The number of hydrogen-bond acceptors (Lipinski definition) is 4. The van der Waals surface area contributed by atoms with Gasteiger partial charge in [0.25, 0.3) is 0 Å². The molecule has 2 aromatic carbocycles. The molecule has 2 nitrogen and oxygen atoms in total. The normalized spacial score (nSPS) is 16.2. The van der Waals surface area contributed by atoms with Gasteiger partial charge in [-0.25, -0.2) is 9.98 Å². The van der Waals surface area contributed by atoms with E-state index in [1.165, 1.54) is 22.3 Å². The van der Waals surface area contributed by atoms with Crippen LogP contribution >= 0.6 is 33.1 Å². The number of rotatable bonds is 6. The van der Waals surface area contributed by atoms with E-state index >= 15 is 0 Å². The first kappa shape index (κ1) is 32.5. The Labute approximate surface area is 238 Å². The van der Waals surface area contributed by atoms with E-state index in [2.05, 4.69) is 119 Å². The van der Waals surface area contributed by atoms with Crippen molar-refractivity contribution in [2.45, 2.75) is 79.1 Å². The number of para-hydroxylation sites is 2. The van der Waals surface area contributed by atoms with E-state index < -0.39 is 0 Å². The minimum absolute atomic E-state index is 0. The van der Waals surface area contributed by atoms with E-state index in [0.717, 1.165) is 33.0 Å². The zero-order valence-corrected chi connectivity index (χ0v) is 26.5. The molecular formula is C29H41ClN2PdS2. The summed E-state index contributed by atoms with van der Waals surface area (Å²) in [6, 6.07) is 13.3. The summed E-state index contributed by atoms with van der Waals surface area (Å²) in [4.78, 5) is 10.6. The van der Waals surface area contributed by atoms with Crippen molar-refractivity contribution in [2.75, 3.05) is 11.5 Å². The predicted molar refractivity (Wildman–Crippen MR) is 161 cm³/mol. The summed E-state index contributed by atoms with van der Waals surface area (Å²) in [5.74, 6) is 3.89. The van der Waals surface area contributed by atoms with Gasteiger partial charge in [0.05, 0.1) is 11.4 Å². The Balaban J connectivity index is 0.00000199. The van der Waals surface area contributed by atoms with Crippen molar-refractivity contribution in [3.63, 3.8) is 0 Å². The van der Waals surface area contributed by atoms with Crippen LogP contribution < -0.4 is 0 Å². The molecule has 1 aliphatic heterocycles. The van der Waals surface area contributed by atoms with Gasteiger partial charge in [0.2, 0.25) is 0 Å². The summed E-state index contributed by atoms with van der Waals surface area (Å²) in [5.41, 5.74) is 7.59. The zero-order chi connectivity index (χ0) is 25.4. The van der Waals surface area contributed by atoms with E-state index in [0.29, 0.717) is 23.7 Å². The fourth-order valence-corrected chi connectivity index (χ4v) is 6.10. The standard InChI is InChI=1S/C28H38N2S2.CH3.ClH.Pd/c1-17(2)21-11-9-12-22(18(3)4)25(21)29-27-28(32-16-15-31-27)30-26-23(19(5)6)13-10-14-24(26)20(7)8;;;/h9-14,17-20H,15-16H2,1-8H3;1H3;1H;/q;-1;;+2/p-1. The number of hydrogen-bond donors (Lipinski definition) is 0. The van der Waals surface area contributed by atoms with Crippen molar-refractivity contribution in [1.29, 1.82) is 0 Å². The van der Waals surface area contributed by atoms with Crippen LogP contribution in [0, 0.1) is 7.43 Å². The quantitative estimate of drug-likeness (QED) is 0.236. The van der Waals surface area contributed by atoms with Crippen molar-refractivity contribution in [1.82, 2.24) is 0 Å². The second-order valence-electron chi connectivity index (χ2n) is 9.72. The summed E-state index contributed by atoms with van der Waals surface area (Å²) in [6.45, 7) is 18.1. The van der Waals surface area contributed by atoms with E-state index in [-0.39, 0.29) is 7.43 Å². The van der Waals surface area contributed by atoms with Gasteiger partial charge in [-0.2, -0.15) is 0 Å². The van der Waals surface area contributed by atoms with Gasteiger partial charge in [0.15, 0.2) is 0 Å². The maximum atomic E-state index is 5.32. The van der Waals surface area contributed by atoms with Crippen molar-refractivity contribution < 1.29 is 18.2 Å². The van der Waals surface area contributed by atoms with Crippen LogP contribution in [0.15, 0.2) is 46.4 Å². The molecule has 0 bridgehead atoms. The van der Waals surface area contributed by atoms with Crippen molar-refractivity contribution >= 4 is 54.5 Å². The molecule has 0 saturated carbocycles. The summed E-state index contributed by atoms with van der Waals surface area (Å²) in [6.07, 6.45) is 0. The molecule has 0 spiro atoms. The SMILES string of the molecule is CC(C)c1cccc(C(C)C)c1N=C1SCCSC1=Nc1c(C(C)C)cccc1C(C)C.[CH3-].[Cl][Pd+]. The summed E-state index contributed by atoms with van der Waals surface area (Å²) in [7, 11) is 4.49. The average molecular weight is 624 g/mol. The van der Waals surface area contributed by atoms with Crippen LogP contribution in [0.3, 0.4) is 0 Å². The molecule has 0 unspecified atom stereocenters. The van der Waals surface area contributed by atoms with E-state index in [1.807, 2.05) is 23.5 Å². The van der Waals surface area contributed by atoms with Crippen LogP contribution in [-0.4, -0.2) is 21.6 Å². The Morgan fingerprint density at radius 1 is 0.600 bits per heavy atom. The number of benzene rings is 2. The molecule has 1 aliphatic rings. The maximum absolute atomic E-state index is 5.32. The Morgan fingerprint density at radius 3 is 1.09 bits per heavy atom. The summed E-state index contributed by atoms with van der Waals surface area (Å²) >= 11 is 5.93. The molecule has 1 heterocycles. The molecule has 0 N–H and O–H groups in total. The third-order valence-electron chi connectivity index (χ3n) is 5.86. The van der Waals surface area contributed by atoms with Gasteiger partial charge in [-0.05, 0) is 45.9 Å².